The van der Waals surface area contributed by atoms with E-state index in [1.807, 2.05) is 29.0 Å². The third-order valence-electron chi connectivity index (χ3n) is 3.94. The summed E-state index contributed by atoms with van der Waals surface area (Å²) in [4.78, 5) is 11.6. The van der Waals surface area contributed by atoms with E-state index in [1.165, 1.54) is 0 Å². The minimum absolute atomic E-state index is 0.109. The number of hydrogen-bond donors (Lipinski definition) is 1. The van der Waals surface area contributed by atoms with E-state index >= 15 is 0 Å². The number of methoxy groups -OCH3 is 1. The molecule has 7 heteroatoms. The van der Waals surface area contributed by atoms with E-state index in [0.717, 1.165) is 38.3 Å². The van der Waals surface area contributed by atoms with Crippen LogP contribution in [0.4, 0.5) is 0 Å². The first kappa shape index (κ1) is 14.5. The first-order valence-corrected chi connectivity index (χ1v) is 8.58. The Balaban J connectivity index is 2.00. The highest BCUT2D eigenvalue weighted by molar-refractivity contribution is 9.10. The number of aromatic carboxylic acids is 1. The molecule has 0 saturated carbocycles. The van der Waals surface area contributed by atoms with Crippen LogP contribution in [-0.4, -0.2) is 28.0 Å². The summed E-state index contributed by atoms with van der Waals surface area (Å²) in [5.74, 6) is -0.269. The van der Waals surface area contributed by atoms with Crippen molar-refractivity contribution in [2.75, 3.05) is 7.11 Å². The fraction of sp³-hybridized carbons (Fsp3) is 0.125. The maximum atomic E-state index is 11.6. The van der Waals surface area contributed by atoms with Gasteiger partial charge in [-0.15, -0.1) is 0 Å². The zero-order chi connectivity index (χ0) is 16.1. The van der Waals surface area contributed by atoms with E-state index in [1.54, 1.807) is 23.1 Å². The summed E-state index contributed by atoms with van der Waals surface area (Å²) in [6.45, 7) is 0. The average molecular weight is 391 g/mol. The molecule has 0 saturated heterocycles. The van der Waals surface area contributed by atoms with Gasteiger partial charge in [0.25, 0.3) is 0 Å². The number of carboxylic acid groups (broad SMARTS) is 1. The van der Waals surface area contributed by atoms with Crippen molar-refractivity contribution >= 4 is 33.2 Å². The Morgan fingerprint density at radius 1 is 1.48 bits per heavy atom. The van der Waals surface area contributed by atoms with Gasteiger partial charge in [-0.2, -0.15) is 16.4 Å². The third-order valence-corrected chi connectivity index (χ3v) is 5.23. The molecule has 5 nitrogen and oxygen atoms in total. The molecule has 1 aliphatic rings. The summed E-state index contributed by atoms with van der Waals surface area (Å²) in [6, 6.07) is 5.85. The number of halogens is 1. The number of carboxylic acids is 1. The Hall–Kier alpha value is -2.12. The van der Waals surface area contributed by atoms with E-state index in [0.29, 0.717) is 6.42 Å². The van der Waals surface area contributed by atoms with Gasteiger partial charge in [0.05, 0.1) is 23.0 Å². The molecule has 0 bridgehead atoms. The Kier molecular flexibility index (Phi) is 3.28. The number of fused-ring (bicyclic) bond motifs is 3. The number of thiophene rings is 1. The van der Waals surface area contributed by atoms with Gasteiger partial charge in [0, 0.05) is 22.9 Å². The van der Waals surface area contributed by atoms with Crippen LogP contribution in [0, 0.1) is 0 Å². The van der Waals surface area contributed by atoms with Crippen LogP contribution in [0.5, 0.6) is 5.75 Å². The van der Waals surface area contributed by atoms with E-state index in [9.17, 15) is 9.90 Å². The van der Waals surface area contributed by atoms with Gasteiger partial charge in [-0.25, -0.2) is 9.48 Å². The van der Waals surface area contributed by atoms with E-state index < -0.39 is 5.97 Å². The van der Waals surface area contributed by atoms with Crippen LogP contribution in [0.25, 0.3) is 16.9 Å². The molecule has 0 unspecified atom stereocenters. The molecule has 1 aliphatic carbocycles. The quantitative estimate of drug-likeness (QED) is 0.574. The van der Waals surface area contributed by atoms with Crippen molar-refractivity contribution in [3.05, 3.63) is 50.3 Å². The lowest BCUT2D eigenvalue weighted by molar-refractivity contribution is 0.0689. The molecular weight excluding hydrogens is 380 g/mol. The number of aromatic nitrogens is 2. The van der Waals surface area contributed by atoms with Gasteiger partial charge in [-0.1, -0.05) is 0 Å². The molecule has 4 rings (SSSR count). The van der Waals surface area contributed by atoms with Crippen LogP contribution in [0.1, 0.15) is 21.6 Å². The van der Waals surface area contributed by atoms with Crippen LogP contribution < -0.4 is 4.74 Å². The molecule has 23 heavy (non-hydrogen) atoms. The van der Waals surface area contributed by atoms with Gasteiger partial charge < -0.3 is 9.84 Å². The highest BCUT2D eigenvalue weighted by Crippen LogP contribution is 2.43. The molecule has 116 valence electrons. The van der Waals surface area contributed by atoms with E-state index in [-0.39, 0.29) is 5.69 Å². The molecule has 0 fully saturated rings. The first-order chi connectivity index (χ1) is 11.1. The fourth-order valence-corrected chi connectivity index (χ4v) is 4.06. The van der Waals surface area contributed by atoms with Crippen molar-refractivity contribution in [3.8, 4) is 22.7 Å². The number of benzene rings is 1. The molecule has 0 spiro atoms. The second-order valence-electron chi connectivity index (χ2n) is 5.19. The van der Waals surface area contributed by atoms with Gasteiger partial charge in [0.15, 0.2) is 5.69 Å². The molecular formula is C16H11BrN2O3S. The number of carbonyl (C=O) groups is 1. The number of hydrogen-bond acceptors (Lipinski definition) is 4. The van der Waals surface area contributed by atoms with Crippen molar-refractivity contribution in [3.63, 3.8) is 0 Å². The predicted octanol–water partition coefficient (Wildman–Crippen LogP) is 3.97. The molecule has 0 aliphatic heterocycles. The first-order valence-electron chi connectivity index (χ1n) is 6.84. The Labute approximate surface area is 144 Å². The lowest BCUT2D eigenvalue weighted by Crippen LogP contribution is -2.03. The predicted molar refractivity (Wildman–Crippen MR) is 90.9 cm³/mol. The van der Waals surface area contributed by atoms with Gasteiger partial charge in [0.2, 0.25) is 0 Å². The maximum Gasteiger partial charge on any atom is 0.356 e. The number of ether oxygens (including phenoxy) is 1. The fourth-order valence-electron chi connectivity index (χ4n) is 2.94. The van der Waals surface area contributed by atoms with E-state index in [2.05, 4.69) is 21.0 Å². The maximum absolute atomic E-state index is 11.6. The summed E-state index contributed by atoms with van der Waals surface area (Å²) in [5, 5.41) is 17.7. The highest BCUT2D eigenvalue weighted by atomic mass is 79.9. The van der Waals surface area contributed by atoms with Crippen LogP contribution in [0.15, 0.2) is 33.4 Å². The third kappa shape index (κ3) is 2.11. The topological polar surface area (TPSA) is 64.3 Å². The molecule has 1 aromatic carbocycles. The molecule has 1 N–H and O–H groups in total. The summed E-state index contributed by atoms with van der Waals surface area (Å²) in [6.07, 6.45) is 0.542. The van der Waals surface area contributed by atoms with Crippen LogP contribution >= 0.6 is 27.3 Å². The molecule has 0 radical (unpaired) electrons. The Morgan fingerprint density at radius 2 is 2.30 bits per heavy atom. The van der Waals surface area contributed by atoms with Gasteiger partial charge >= 0.3 is 5.97 Å². The summed E-state index contributed by atoms with van der Waals surface area (Å²) < 4.78 is 7.90. The molecule has 2 aromatic heterocycles. The van der Waals surface area contributed by atoms with Gasteiger partial charge in [0.1, 0.15) is 5.75 Å². The monoisotopic (exact) mass is 390 g/mol. The summed E-state index contributed by atoms with van der Waals surface area (Å²) in [5.41, 5.74) is 4.61. The Morgan fingerprint density at radius 3 is 2.96 bits per heavy atom. The SMILES string of the molecule is COc1cc2c(cc1Br)-c1c(c(C(=O)O)nn1-c1ccsc1)C2. The molecule has 0 atom stereocenters. The zero-order valence-electron chi connectivity index (χ0n) is 12.0. The van der Waals surface area contributed by atoms with Crippen LogP contribution in [0.2, 0.25) is 0 Å². The average Bonchev–Trinajstić information content (AvgIpc) is 3.21. The van der Waals surface area contributed by atoms with E-state index in [4.69, 9.17) is 4.74 Å². The van der Waals surface area contributed by atoms with Gasteiger partial charge in [-0.3, -0.25) is 0 Å². The molecule has 0 amide bonds. The normalized spacial score (nSPS) is 12.1. The Bertz CT molecular complexity index is 931. The lowest BCUT2D eigenvalue weighted by Gasteiger charge is -2.09. The van der Waals surface area contributed by atoms with Crippen molar-refractivity contribution in [2.24, 2.45) is 0 Å². The smallest absolute Gasteiger partial charge is 0.356 e. The number of rotatable bonds is 3. The van der Waals surface area contributed by atoms with Gasteiger partial charge in [-0.05, 0) is 45.1 Å². The number of nitrogens with zero attached hydrogens (tertiary/aromatic N) is 2. The second kappa shape index (κ2) is 5.21. The minimum atomic E-state index is -1.01. The summed E-state index contributed by atoms with van der Waals surface area (Å²) in [7, 11) is 1.62. The standard InChI is InChI=1S/C16H11BrN2O3S/c1-22-13-5-8-4-11-14(16(20)21)18-19(9-2-3-23-7-9)15(11)10(8)6-12(13)17/h2-3,5-7H,4H2,1H3,(H,20,21). The van der Waals surface area contributed by atoms with Crippen LogP contribution in [0.3, 0.4) is 0 Å². The van der Waals surface area contributed by atoms with Crippen molar-refractivity contribution in [1.29, 1.82) is 0 Å². The minimum Gasteiger partial charge on any atom is -0.496 e. The van der Waals surface area contributed by atoms with Crippen molar-refractivity contribution in [1.82, 2.24) is 9.78 Å². The second-order valence-corrected chi connectivity index (χ2v) is 6.83. The lowest BCUT2D eigenvalue weighted by atomic mass is 10.1. The van der Waals surface area contributed by atoms with Crippen molar-refractivity contribution in [2.45, 2.75) is 6.42 Å². The van der Waals surface area contributed by atoms with Crippen LogP contribution in [-0.2, 0) is 6.42 Å². The largest absolute Gasteiger partial charge is 0.496 e. The van der Waals surface area contributed by atoms with Crippen molar-refractivity contribution < 1.29 is 14.6 Å². The molecule has 2 heterocycles. The highest BCUT2D eigenvalue weighted by Gasteiger charge is 2.31. The summed E-state index contributed by atoms with van der Waals surface area (Å²) >= 11 is 5.05. The zero-order valence-corrected chi connectivity index (χ0v) is 14.4. The molecule has 3 aromatic rings.